The normalized spacial score (nSPS) is 10.7. The number of amides is 3. The third-order valence-electron chi connectivity index (χ3n) is 3.57. The van der Waals surface area contributed by atoms with E-state index in [4.69, 9.17) is 4.74 Å². The largest absolute Gasteiger partial charge is 0.444 e. The van der Waals surface area contributed by atoms with Crippen molar-refractivity contribution in [1.82, 2.24) is 16.2 Å². The Morgan fingerprint density at radius 3 is 2.11 bits per heavy atom. The Morgan fingerprint density at radius 1 is 0.857 bits per heavy atom. The van der Waals surface area contributed by atoms with E-state index in [1.807, 2.05) is 30.3 Å². The smallest absolute Gasteiger partial charge is 0.407 e. The maximum absolute atomic E-state index is 12.1. The third-order valence-corrected chi connectivity index (χ3v) is 3.57. The van der Waals surface area contributed by atoms with Gasteiger partial charge in [-0.1, -0.05) is 42.5 Å². The number of rotatable bonds is 5. The fourth-order valence-corrected chi connectivity index (χ4v) is 2.29. The van der Waals surface area contributed by atoms with Crippen molar-refractivity contribution in [2.75, 3.05) is 0 Å². The number of alkyl carbamates (subject to hydrolysis) is 1. The lowest BCUT2D eigenvalue weighted by atomic mass is 10.1. The average Bonchev–Trinajstić information content (AvgIpc) is 2.64. The lowest BCUT2D eigenvalue weighted by molar-refractivity contribution is -0.121. The first kappa shape index (κ1) is 21.0. The molecular formula is C21H25N3O4. The standard InChI is InChI=1S/C21H25N3O4/c1-21(2,3)28-20(27)22-14-16-9-11-17(12-10-16)19(26)24-23-18(25)13-15-7-5-4-6-8-15/h4-12H,13-14H2,1-3H3,(H,22,27)(H,23,25)(H,24,26). The molecule has 0 heterocycles. The van der Waals surface area contributed by atoms with Gasteiger partial charge in [-0.2, -0.15) is 0 Å². The minimum Gasteiger partial charge on any atom is -0.444 e. The van der Waals surface area contributed by atoms with Crippen molar-refractivity contribution in [3.05, 3.63) is 71.3 Å². The number of hydrogen-bond acceptors (Lipinski definition) is 4. The fourth-order valence-electron chi connectivity index (χ4n) is 2.29. The van der Waals surface area contributed by atoms with E-state index in [1.54, 1.807) is 45.0 Å². The van der Waals surface area contributed by atoms with Crippen LogP contribution in [-0.4, -0.2) is 23.5 Å². The molecule has 3 N–H and O–H groups in total. The van der Waals surface area contributed by atoms with Gasteiger partial charge in [0.2, 0.25) is 5.91 Å². The summed E-state index contributed by atoms with van der Waals surface area (Å²) in [5, 5.41) is 2.65. The molecule has 0 saturated heterocycles. The number of carbonyl (C=O) groups excluding carboxylic acids is 3. The molecule has 0 bridgehead atoms. The number of carbonyl (C=O) groups is 3. The summed E-state index contributed by atoms with van der Waals surface area (Å²) in [6.45, 7) is 5.65. The first-order valence-corrected chi connectivity index (χ1v) is 8.92. The van der Waals surface area contributed by atoms with E-state index < -0.39 is 17.6 Å². The second-order valence-corrected chi connectivity index (χ2v) is 7.22. The molecule has 0 radical (unpaired) electrons. The SMILES string of the molecule is CC(C)(C)OC(=O)NCc1ccc(C(=O)NNC(=O)Cc2ccccc2)cc1. The van der Waals surface area contributed by atoms with Gasteiger partial charge in [0.25, 0.3) is 5.91 Å². The van der Waals surface area contributed by atoms with E-state index in [0.29, 0.717) is 5.56 Å². The van der Waals surface area contributed by atoms with Crippen LogP contribution in [0.2, 0.25) is 0 Å². The van der Waals surface area contributed by atoms with E-state index in [1.165, 1.54) is 0 Å². The number of nitrogens with one attached hydrogen (secondary N) is 3. The molecule has 0 spiro atoms. The van der Waals surface area contributed by atoms with E-state index >= 15 is 0 Å². The van der Waals surface area contributed by atoms with Gasteiger partial charge in [0.1, 0.15) is 5.60 Å². The predicted octanol–water partition coefficient (Wildman–Crippen LogP) is 2.72. The van der Waals surface area contributed by atoms with Crippen molar-refractivity contribution in [3.8, 4) is 0 Å². The molecule has 0 aliphatic heterocycles. The Bertz CT molecular complexity index is 812. The average molecular weight is 383 g/mol. The van der Waals surface area contributed by atoms with Gasteiger partial charge in [-0.25, -0.2) is 4.79 Å². The molecule has 0 aliphatic carbocycles. The molecular weight excluding hydrogens is 358 g/mol. The molecule has 2 aromatic carbocycles. The minimum absolute atomic E-state index is 0.177. The van der Waals surface area contributed by atoms with Gasteiger partial charge >= 0.3 is 6.09 Å². The van der Waals surface area contributed by atoms with Crippen LogP contribution in [0.1, 0.15) is 42.3 Å². The molecule has 2 aromatic rings. The molecule has 0 fully saturated rings. The van der Waals surface area contributed by atoms with Crippen LogP contribution in [0.15, 0.2) is 54.6 Å². The highest BCUT2D eigenvalue weighted by atomic mass is 16.6. The number of hydrazine groups is 1. The van der Waals surface area contributed by atoms with Gasteiger partial charge < -0.3 is 10.1 Å². The topological polar surface area (TPSA) is 96.5 Å². The van der Waals surface area contributed by atoms with Crippen molar-refractivity contribution in [1.29, 1.82) is 0 Å². The number of hydrogen-bond donors (Lipinski definition) is 3. The molecule has 0 saturated carbocycles. The highest BCUT2D eigenvalue weighted by Crippen LogP contribution is 2.08. The Morgan fingerprint density at radius 2 is 1.50 bits per heavy atom. The lowest BCUT2D eigenvalue weighted by Crippen LogP contribution is -2.42. The molecule has 0 aliphatic rings. The van der Waals surface area contributed by atoms with Gasteiger partial charge in [-0.05, 0) is 44.0 Å². The van der Waals surface area contributed by atoms with Gasteiger partial charge in [0, 0.05) is 12.1 Å². The Labute approximate surface area is 164 Å². The Balaban J connectivity index is 1.78. The van der Waals surface area contributed by atoms with Crippen LogP contribution in [0.5, 0.6) is 0 Å². The van der Waals surface area contributed by atoms with Crippen LogP contribution < -0.4 is 16.2 Å². The monoisotopic (exact) mass is 383 g/mol. The molecule has 0 atom stereocenters. The highest BCUT2D eigenvalue weighted by Gasteiger charge is 2.15. The van der Waals surface area contributed by atoms with Crippen LogP contribution in [0.3, 0.4) is 0 Å². The molecule has 3 amide bonds. The van der Waals surface area contributed by atoms with Crippen LogP contribution in [0.4, 0.5) is 4.79 Å². The minimum atomic E-state index is -0.559. The van der Waals surface area contributed by atoms with E-state index in [2.05, 4.69) is 16.2 Å². The fraction of sp³-hybridized carbons (Fsp3) is 0.286. The predicted molar refractivity (Wildman–Crippen MR) is 105 cm³/mol. The molecule has 0 unspecified atom stereocenters. The molecule has 7 heteroatoms. The van der Waals surface area contributed by atoms with Crippen molar-refractivity contribution < 1.29 is 19.1 Å². The summed E-state index contributed by atoms with van der Waals surface area (Å²) in [5.74, 6) is -0.731. The van der Waals surface area contributed by atoms with Gasteiger partial charge in [-0.3, -0.25) is 20.4 Å². The molecule has 148 valence electrons. The van der Waals surface area contributed by atoms with Crippen LogP contribution >= 0.6 is 0 Å². The zero-order valence-electron chi connectivity index (χ0n) is 16.2. The molecule has 28 heavy (non-hydrogen) atoms. The molecule has 0 aromatic heterocycles. The van der Waals surface area contributed by atoms with Crippen molar-refractivity contribution in [2.45, 2.75) is 39.3 Å². The number of benzene rings is 2. The summed E-state index contributed by atoms with van der Waals surface area (Å²) >= 11 is 0. The maximum Gasteiger partial charge on any atom is 0.407 e. The summed E-state index contributed by atoms with van der Waals surface area (Å²) in [7, 11) is 0. The first-order chi connectivity index (χ1) is 13.2. The summed E-state index contributed by atoms with van der Waals surface area (Å²) in [6, 6.07) is 15.9. The second-order valence-electron chi connectivity index (χ2n) is 7.22. The lowest BCUT2D eigenvalue weighted by Gasteiger charge is -2.19. The van der Waals surface area contributed by atoms with E-state index in [0.717, 1.165) is 11.1 Å². The summed E-state index contributed by atoms with van der Waals surface area (Å²) in [6.07, 6.45) is -0.327. The van der Waals surface area contributed by atoms with Gasteiger partial charge in [0.15, 0.2) is 0 Å². The van der Waals surface area contributed by atoms with Gasteiger partial charge in [-0.15, -0.1) is 0 Å². The summed E-state index contributed by atoms with van der Waals surface area (Å²) < 4.78 is 5.16. The first-order valence-electron chi connectivity index (χ1n) is 8.92. The zero-order chi connectivity index (χ0) is 20.6. The van der Waals surface area contributed by atoms with Crippen molar-refractivity contribution >= 4 is 17.9 Å². The number of ether oxygens (including phenoxy) is 1. The van der Waals surface area contributed by atoms with Crippen molar-refractivity contribution in [2.24, 2.45) is 0 Å². The quantitative estimate of drug-likeness (QED) is 0.692. The maximum atomic E-state index is 12.1. The van der Waals surface area contributed by atoms with Crippen LogP contribution in [0.25, 0.3) is 0 Å². The van der Waals surface area contributed by atoms with E-state index in [-0.39, 0.29) is 18.9 Å². The highest BCUT2D eigenvalue weighted by molar-refractivity contribution is 5.95. The summed E-state index contributed by atoms with van der Waals surface area (Å²) in [5.41, 5.74) is 6.28. The van der Waals surface area contributed by atoms with E-state index in [9.17, 15) is 14.4 Å². The Hall–Kier alpha value is -3.35. The zero-order valence-corrected chi connectivity index (χ0v) is 16.2. The molecule has 7 nitrogen and oxygen atoms in total. The van der Waals surface area contributed by atoms with Crippen LogP contribution in [-0.2, 0) is 22.5 Å². The van der Waals surface area contributed by atoms with Crippen molar-refractivity contribution in [3.63, 3.8) is 0 Å². The van der Waals surface area contributed by atoms with Crippen LogP contribution in [0, 0.1) is 0 Å². The van der Waals surface area contributed by atoms with Gasteiger partial charge in [0.05, 0.1) is 6.42 Å². The molecule has 2 rings (SSSR count). The Kier molecular flexibility index (Phi) is 7.14. The third kappa shape index (κ3) is 7.49. The second kappa shape index (κ2) is 9.55. The summed E-state index contributed by atoms with van der Waals surface area (Å²) in [4.78, 5) is 35.6.